The van der Waals surface area contributed by atoms with Crippen LogP contribution in [0, 0.1) is 0 Å². The van der Waals surface area contributed by atoms with Gasteiger partial charge in [-0.3, -0.25) is 4.79 Å². The minimum absolute atomic E-state index is 0.376. The molecule has 1 aliphatic carbocycles. The molecule has 1 N–H and O–H groups in total. The Hall–Kier alpha value is -1.90. The number of benzene rings is 1. The van der Waals surface area contributed by atoms with Gasteiger partial charge in [-0.25, -0.2) is 4.98 Å². The highest BCUT2D eigenvalue weighted by molar-refractivity contribution is 5.91. The van der Waals surface area contributed by atoms with E-state index in [1.165, 1.54) is 5.39 Å². The number of hydrogen-bond donors (Lipinski definition) is 1. The van der Waals surface area contributed by atoms with E-state index >= 15 is 0 Å². The van der Waals surface area contributed by atoms with Gasteiger partial charge in [0.05, 0.1) is 0 Å². The van der Waals surface area contributed by atoms with Crippen LogP contribution >= 0.6 is 0 Å². The number of nitrogens with zero attached hydrogens (tertiary/aromatic N) is 1. The van der Waals surface area contributed by atoms with Crippen molar-refractivity contribution in [3.05, 3.63) is 36.5 Å². The van der Waals surface area contributed by atoms with E-state index in [-0.39, 0.29) is 0 Å². The van der Waals surface area contributed by atoms with E-state index in [4.69, 9.17) is 0 Å². The number of anilines is 1. The number of ketones is 1. The topological polar surface area (TPSA) is 42.0 Å². The second-order valence-corrected chi connectivity index (χ2v) is 4.84. The second-order valence-electron chi connectivity index (χ2n) is 4.84. The van der Waals surface area contributed by atoms with Crippen LogP contribution in [-0.4, -0.2) is 16.8 Å². The fourth-order valence-corrected chi connectivity index (χ4v) is 2.51. The van der Waals surface area contributed by atoms with Crippen LogP contribution in [0.1, 0.15) is 25.7 Å². The predicted molar refractivity (Wildman–Crippen MR) is 72.6 cm³/mol. The molecule has 1 fully saturated rings. The molecule has 18 heavy (non-hydrogen) atoms. The summed E-state index contributed by atoms with van der Waals surface area (Å²) in [6.07, 6.45) is 5.07. The van der Waals surface area contributed by atoms with Crippen LogP contribution in [0.2, 0.25) is 0 Å². The quantitative estimate of drug-likeness (QED) is 0.876. The number of hydrogen-bond acceptors (Lipinski definition) is 3. The monoisotopic (exact) mass is 240 g/mol. The van der Waals surface area contributed by atoms with Gasteiger partial charge in [-0.15, -0.1) is 0 Å². The Balaban J connectivity index is 1.84. The second kappa shape index (κ2) is 4.77. The Morgan fingerprint density at radius 2 is 1.89 bits per heavy atom. The summed E-state index contributed by atoms with van der Waals surface area (Å²) in [5, 5.41) is 5.83. The van der Waals surface area contributed by atoms with Crippen LogP contribution in [0.3, 0.4) is 0 Å². The Bertz CT molecular complexity index is 564. The summed E-state index contributed by atoms with van der Waals surface area (Å²) in [6, 6.07) is 10.6. The van der Waals surface area contributed by atoms with Gasteiger partial charge in [-0.1, -0.05) is 24.3 Å². The van der Waals surface area contributed by atoms with Gasteiger partial charge in [0.25, 0.3) is 0 Å². The van der Waals surface area contributed by atoms with E-state index in [1.807, 2.05) is 24.4 Å². The van der Waals surface area contributed by atoms with Crippen molar-refractivity contribution in [3.8, 4) is 0 Å². The molecule has 2 aromatic rings. The molecule has 0 atom stereocenters. The molecule has 3 nitrogen and oxygen atoms in total. The van der Waals surface area contributed by atoms with Crippen molar-refractivity contribution >= 4 is 22.4 Å². The minimum atomic E-state index is 0.376. The molecular formula is C15H16N2O. The largest absolute Gasteiger partial charge is 0.367 e. The summed E-state index contributed by atoms with van der Waals surface area (Å²) < 4.78 is 0. The van der Waals surface area contributed by atoms with Crippen LogP contribution in [0.4, 0.5) is 5.82 Å². The zero-order chi connectivity index (χ0) is 12.4. The van der Waals surface area contributed by atoms with Gasteiger partial charge < -0.3 is 5.32 Å². The Labute approximate surface area is 106 Å². The summed E-state index contributed by atoms with van der Waals surface area (Å²) >= 11 is 0. The van der Waals surface area contributed by atoms with Crippen molar-refractivity contribution in [2.24, 2.45) is 0 Å². The molecule has 0 amide bonds. The van der Waals surface area contributed by atoms with Crippen LogP contribution in [0.5, 0.6) is 0 Å². The molecule has 0 bridgehead atoms. The van der Waals surface area contributed by atoms with Gasteiger partial charge in [0, 0.05) is 30.5 Å². The maximum atomic E-state index is 11.2. The molecule has 0 unspecified atom stereocenters. The van der Waals surface area contributed by atoms with Gasteiger partial charge in [0.15, 0.2) is 0 Å². The molecule has 3 heteroatoms. The normalized spacial score (nSPS) is 17.0. The SMILES string of the molecule is O=C1CCC(Nc2nccc3ccccc23)CC1. The first-order chi connectivity index (χ1) is 8.83. The van der Waals surface area contributed by atoms with Crippen molar-refractivity contribution in [2.45, 2.75) is 31.7 Å². The van der Waals surface area contributed by atoms with Crippen LogP contribution < -0.4 is 5.32 Å². The van der Waals surface area contributed by atoms with Gasteiger partial charge in [-0.05, 0) is 24.3 Å². The van der Waals surface area contributed by atoms with Crippen molar-refractivity contribution in [2.75, 3.05) is 5.32 Å². The van der Waals surface area contributed by atoms with E-state index in [1.54, 1.807) is 0 Å². The lowest BCUT2D eigenvalue weighted by Gasteiger charge is -2.23. The molecule has 1 aliphatic rings. The third-order valence-electron chi connectivity index (χ3n) is 3.56. The Morgan fingerprint density at radius 3 is 2.72 bits per heavy atom. The number of aromatic nitrogens is 1. The zero-order valence-corrected chi connectivity index (χ0v) is 10.2. The molecule has 0 spiro atoms. The number of nitrogens with one attached hydrogen (secondary N) is 1. The highest BCUT2D eigenvalue weighted by Crippen LogP contribution is 2.24. The van der Waals surface area contributed by atoms with Crippen molar-refractivity contribution in [1.29, 1.82) is 0 Å². The van der Waals surface area contributed by atoms with Gasteiger partial charge in [0.1, 0.15) is 11.6 Å². The van der Waals surface area contributed by atoms with Crippen LogP contribution in [0.25, 0.3) is 10.8 Å². The maximum absolute atomic E-state index is 11.2. The number of carbonyl (C=O) groups excluding carboxylic acids is 1. The molecule has 1 aromatic carbocycles. The molecule has 3 rings (SSSR count). The van der Waals surface area contributed by atoms with E-state index in [9.17, 15) is 4.79 Å². The van der Waals surface area contributed by atoms with E-state index in [2.05, 4.69) is 22.4 Å². The molecule has 1 saturated carbocycles. The summed E-state index contributed by atoms with van der Waals surface area (Å²) in [5.74, 6) is 1.33. The Morgan fingerprint density at radius 1 is 1.11 bits per heavy atom. The third kappa shape index (κ3) is 2.21. The molecule has 92 valence electrons. The summed E-state index contributed by atoms with van der Waals surface area (Å²) in [6.45, 7) is 0. The smallest absolute Gasteiger partial charge is 0.134 e. The maximum Gasteiger partial charge on any atom is 0.134 e. The highest BCUT2D eigenvalue weighted by Gasteiger charge is 2.19. The fourth-order valence-electron chi connectivity index (χ4n) is 2.51. The standard InChI is InChI=1S/C15H16N2O/c18-13-7-5-12(6-8-13)17-15-14-4-2-1-3-11(14)9-10-16-15/h1-4,9-10,12H,5-8H2,(H,16,17). The van der Waals surface area contributed by atoms with E-state index < -0.39 is 0 Å². The van der Waals surface area contributed by atoms with Gasteiger partial charge in [-0.2, -0.15) is 0 Å². The van der Waals surface area contributed by atoms with E-state index in [0.717, 1.165) is 24.0 Å². The molecule has 0 aliphatic heterocycles. The zero-order valence-electron chi connectivity index (χ0n) is 10.2. The summed E-state index contributed by atoms with van der Waals surface area (Å²) in [7, 11) is 0. The van der Waals surface area contributed by atoms with E-state index in [0.29, 0.717) is 24.7 Å². The lowest BCUT2D eigenvalue weighted by molar-refractivity contribution is -0.120. The summed E-state index contributed by atoms with van der Waals surface area (Å²) in [4.78, 5) is 15.7. The molecule has 0 saturated heterocycles. The average molecular weight is 240 g/mol. The van der Waals surface area contributed by atoms with Crippen molar-refractivity contribution in [1.82, 2.24) is 4.98 Å². The third-order valence-corrected chi connectivity index (χ3v) is 3.56. The number of Topliss-reactive ketones (excluding diaryl/α,β-unsaturated/α-hetero) is 1. The molecule has 1 heterocycles. The van der Waals surface area contributed by atoms with Gasteiger partial charge >= 0.3 is 0 Å². The average Bonchev–Trinajstić information content (AvgIpc) is 2.42. The molecular weight excluding hydrogens is 224 g/mol. The van der Waals surface area contributed by atoms with Crippen molar-refractivity contribution in [3.63, 3.8) is 0 Å². The van der Waals surface area contributed by atoms with Crippen molar-refractivity contribution < 1.29 is 4.79 Å². The number of fused-ring (bicyclic) bond motifs is 1. The number of pyridine rings is 1. The first-order valence-electron chi connectivity index (χ1n) is 6.45. The molecule has 1 aromatic heterocycles. The minimum Gasteiger partial charge on any atom is -0.367 e. The van der Waals surface area contributed by atoms with Crippen LogP contribution in [-0.2, 0) is 4.79 Å². The van der Waals surface area contributed by atoms with Gasteiger partial charge in [0.2, 0.25) is 0 Å². The fraction of sp³-hybridized carbons (Fsp3) is 0.333. The molecule has 0 radical (unpaired) electrons. The Kier molecular flexibility index (Phi) is 2.97. The lowest BCUT2D eigenvalue weighted by atomic mass is 9.94. The number of carbonyl (C=O) groups is 1. The lowest BCUT2D eigenvalue weighted by Crippen LogP contribution is -2.26. The number of rotatable bonds is 2. The van der Waals surface area contributed by atoms with Crippen LogP contribution in [0.15, 0.2) is 36.5 Å². The first-order valence-corrected chi connectivity index (χ1v) is 6.45. The first kappa shape index (κ1) is 11.2. The summed E-state index contributed by atoms with van der Waals surface area (Å²) in [5.41, 5.74) is 0. The predicted octanol–water partition coefficient (Wildman–Crippen LogP) is 3.16. The highest BCUT2D eigenvalue weighted by atomic mass is 16.1.